The maximum atomic E-state index is 14.0. The number of aromatic nitrogens is 1. The van der Waals surface area contributed by atoms with E-state index in [1.807, 2.05) is 35.2 Å². The van der Waals surface area contributed by atoms with Crippen molar-refractivity contribution >= 4 is 52.2 Å². The summed E-state index contributed by atoms with van der Waals surface area (Å²) >= 11 is 2.37. The van der Waals surface area contributed by atoms with Crippen LogP contribution < -0.4 is 14.7 Å². The van der Waals surface area contributed by atoms with Gasteiger partial charge in [-0.25, -0.2) is 4.90 Å². The molecule has 2 fully saturated rings. The summed E-state index contributed by atoms with van der Waals surface area (Å²) in [6.07, 6.45) is 3.05. The summed E-state index contributed by atoms with van der Waals surface area (Å²) in [6, 6.07) is 17.2. The van der Waals surface area contributed by atoms with Gasteiger partial charge in [0.1, 0.15) is 11.8 Å². The van der Waals surface area contributed by atoms with Gasteiger partial charge in [0.15, 0.2) is 0 Å². The fraction of sp³-hybridized carbons (Fsp3) is 0.419. The molecule has 4 heterocycles. The molecule has 2 saturated heterocycles. The molecule has 3 aliphatic heterocycles. The monoisotopic (exact) mass is 590 g/mol. The Balaban J connectivity index is 1.43. The second kappa shape index (κ2) is 11.5. The first-order valence-corrected chi connectivity index (χ1v) is 16.1. The van der Waals surface area contributed by atoms with Crippen molar-refractivity contribution in [1.82, 2.24) is 9.47 Å². The Kier molecular flexibility index (Phi) is 7.78. The average molecular weight is 591 g/mol. The molecule has 0 spiro atoms. The lowest BCUT2D eigenvalue weighted by Crippen LogP contribution is -2.39. The highest BCUT2D eigenvalue weighted by molar-refractivity contribution is 8.00. The summed E-state index contributed by atoms with van der Waals surface area (Å²) in [5, 5.41) is -0.0477. The molecule has 0 radical (unpaired) electrons. The van der Waals surface area contributed by atoms with Crippen LogP contribution in [-0.2, 0) is 20.9 Å². The number of thioether (sulfide) groups is 1. The second-order valence-corrected chi connectivity index (χ2v) is 12.8. The number of benzene rings is 2. The van der Waals surface area contributed by atoms with Crippen LogP contribution in [0.15, 0.2) is 64.4 Å². The van der Waals surface area contributed by atoms with E-state index >= 15 is 0 Å². The van der Waals surface area contributed by atoms with Gasteiger partial charge < -0.3 is 9.80 Å². The van der Waals surface area contributed by atoms with Crippen molar-refractivity contribution in [2.75, 3.05) is 36.0 Å². The Bertz CT molecular complexity index is 1510. The number of rotatable bonds is 7. The van der Waals surface area contributed by atoms with E-state index in [2.05, 4.69) is 30.9 Å². The molecule has 0 bridgehead atoms. The van der Waals surface area contributed by atoms with Gasteiger partial charge in [-0.05, 0) is 62.9 Å². The molecule has 41 heavy (non-hydrogen) atoms. The van der Waals surface area contributed by atoms with E-state index in [9.17, 15) is 19.2 Å². The normalized spacial score (nSPS) is 22.0. The molecule has 2 aromatic carbocycles. The first kappa shape index (κ1) is 27.8. The molecule has 0 N–H and O–H groups in total. The topological polar surface area (TPSA) is 82.9 Å². The van der Waals surface area contributed by atoms with Crippen LogP contribution >= 0.6 is 23.1 Å². The number of hydrogen-bond donors (Lipinski definition) is 0. The molecule has 10 heteroatoms. The molecule has 6 rings (SSSR count). The van der Waals surface area contributed by atoms with Gasteiger partial charge in [-0.2, -0.15) is 0 Å². The zero-order chi connectivity index (χ0) is 28.7. The number of carbonyl (C=O) groups excluding carboxylic acids is 3. The lowest BCUT2D eigenvalue weighted by Gasteiger charge is -2.31. The summed E-state index contributed by atoms with van der Waals surface area (Å²) < 4.78 is 1.54. The summed E-state index contributed by atoms with van der Waals surface area (Å²) in [5.41, 5.74) is 2.52. The zero-order valence-electron chi connectivity index (χ0n) is 23.3. The molecule has 0 unspecified atom stereocenters. The maximum absolute atomic E-state index is 14.0. The van der Waals surface area contributed by atoms with Gasteiger partial charge in [-0.15, -0.1) is 0 Å². The fourth-order valence-corrected chi connectivity index (χ4v) is 9.08. The Morgan fingerprint density at radius 2 is 1.59 bits per heavy atom. The van der Waals surface area contributed by atoms with Gasteiger partial charge >= 0.3 is 4.87 Å². The third kappa shape index (κ3) is 4.91. The van der Waals surface area contributed by atoms with Crippen molar-refractivity contribution in [2.45, 2.75) is 55.8 Å². The number of hydrogen-bond acceptors (Lipinski definition) is 7. The van der Waals surface area contributed by atoms with Gasteiger partial charge in [0.05, 0.1) is 16.6 Å². The van der Waals surface area contributed by atoms with E-state index in [4.69, 9.17) is 0 Å². The minimum atomic E-state index is -0.687. The number of likely N-dealkylation sites (tertiary alicyclic amines) is 1. The van der Waals surface area contributed by atoms with E-state index in [-0.39, 0.29) is 29.1 Å². The Morgan fingerprint density at radius 1 is 0.902 bits per heavy atom. The van der Waals surface area contributed by atoms with Crippen LogP contribution in [0.5, 0.6) is 0 Å². The standard InChI is InChI=1S/C31H34N4O4S2/c1-3-32(4-2)21-15-13-20(14-16-21)24-25-26(29(38)35(28(25)37)22-11-7-5-8-12-22)40-30-27(24)41-31(39)34(30)19-23(36)33-17-9-6-10-18-33/h5,7-8,11-16,24-26H,3-4,6,9-10,17-19H2,1-2H3/t24-,25-,26+/m0/s1. The number of thiazole rings is 1. The highest BCUT2D eigenvalue weighted by atomic mass is 32.2. The molecule has 0 saturated carbocycles. The quantitative estimate of drug-likeness (QED) is 0.375. The van der Waals surface area contributed by atoms with E-state index in [0.717, 1.165) is 59.8 Å². The fourth-order valence-electron chi connectivity index (χ4n) is 6.31. The highest BCUT2D eigenvalue weighted by Gasteiger charge is 2.56. The van der Waals surface area contributed by atoms with Crippen molar-refractivity contribution in [2.24, 2.45) is 5.92 Å². The molecule has 214 valence electrons. The number of anilines is 2. The van der Waals surface area contributed by atoms with E-state index in [1.54, 1.807) is 12.1 Å². The van der Waals surface area contributed by atoms with E-state index in [0.29, 0.717) is 23.8 Å². The van der Waals surface area contributed by atoms with Crippen molar-refractivity contribution < 1.29 is 14.4 Å². The van der Waals surface area contributed by atoms with Crippen LogP contribution in [0.4, 0.5) is 11.4 Å². The van der Waals surface area contributed by atoms with Gasteiger partial charge in [0.25, 0.3) is 0 Å². The van der Waals surface area contributed by atoms with Crippen molar-refractivity contribution in [3.05, 3.63) is 74.7 Å². The van der Waals surface area contributed by atoms with Crippen molar-refractivity contribution in [3.8, 4) is 0 Å². The average Bonchev–Trinajstić information content (AvgIpc) is 3.45. The molecule has 3 aliphatic rings. The summed E-state index contributed by atoms with van der Waals surface area (Å²) in [5.74, 6) is -1.71. The highest BCUT2D eigenvalue weighted by Crippen LogP contribution is 2.54. The SMILES string of the molecule is CCN(CC)c1ccc([C@@H]2c3sc(=O)n(CC(=O)N4CCCCC4)c3S[C@H]3C(=O)N(c4ccccc4)C(=O)[C@@H]23)cc1. The summed E-state index contributed by atoms with van der Waals surface area (Å²) in [6.45, 7) is 7.33. The number of para-hydroxylation sites is 1. The summed E-state index contributed by atoms with van der Waals surface area (Å²) in [7, 11) is 0. The molecule has 8 nitrogen and oxygen atoms in total. The number of piperidine rings is 1. The van der Waals surface area contributed by atoms with Gasteiger partial charge in [0, 0.05) is 42.7 Å². The molecule has 0 aliphatic carbocycles. The Hall–Kier alpha value is -3.37. The maximum Gasteiger partial charge on any atom is 0.308 e. The van der Waals surface area contributed by atoms with E-state index in [1.165, 1.54) is 21.2 Å². The second-order valence-electron chi connectivity index (χ2n) is 10.7. The van der Waals surface area contributed by atoms with Crippen LogP contribution in [0.1, 0.15) is 49.5 Å². The van der Waals surface area contributed by atoms with Crippen LogP contribution in [0, 0.1) is 5.92 Å². The lowest BCUT2D eigenvalue weighted by molar-refractivity contribution is -0.133. The molecule has 3 aromatic rings. The third-order valence-corrected chi connectivity index (χ3v) is 11.1. The van der Waals surface area contributed by atoms with Crippen LogP contribution in [0.3, 0.4) is 0 Å². The van der Waals surface area contributed by atoms with Crippen LogP contribution in [0.2, 0.25) is 0 Å². The number of imide groups is 1. The zero-order valence-corrected chi connectivity index (χ0v) is 25.0. The molecule has 3 amide bonds. The van der Waals surface area contributed by atoms with Crippen LogP contribution in [0.25, 0.3) is 0 Å². The Labute approximate surface area is 247 Å². The Morgan fingerprint density at radius 3 is 2.24 bits per heavy atom. The first-order chi connectivity index (χ1) is 19.9. The molecule has 3 atom stereocenters. The third-order valence-electron chi connectivity index (χ3n) is 8.45. The smallest absolute Gasteiger partial charge is 0.308 e. The number of nitrogens with zero attached hydrogens (tertiary/aromatic N) is 4. The molecular weight excluding hydrogens is 556 g/mol. The van der Waals surface area contributed by atoms with Gasteiger partial charge in [-0.1, -0.05) is 53.4 Å². The first-order valence-electron chi connectivity index (χ1n) is 14.4. The van der Waals surface area contributed by atoms with Crippen molar-refractivity contribution in [1.29, 1.82) is 0 Å². The predicted octanol–water partition coefficient (Wildman–Crippen LogP) is 4.56. The van der Waals surface area contributed by atoms with Gasteiger partial charge in [-0.3, -0.25) is 23.7 Å². The minimum absolute atomic E-state index is 0.0484. The number of fused-ring (bicyclic) bond motifs is 2. The van der Waals surface area contributed by atoms with E-state index < -0.39 is 17.1 Å². The van der Waals surface area contributed by atoms with Crippen LogP contribution in [-0.4, -0.2) is 58.6 Å². The largest absolute Gasteiger partial charge is 0.372 e. The number of carbonyl (C=O) groups is 3. The summed E-state index contributed by atoms with van der Waals surface area (Å²) in [4.78, 5) is 60.4. The minimum Gasteiger partial charge on any atom is -0.372 e. The van der Waals surface area contributed by atoms with Gasteiger partial charge in [0.2, 0.25) is 17.7 Å². The van der Waals surface area contributed by atoms with Crippen molar-refractivity contribution in [3.63, 3.8) is 0 Å². The molecular formula is C31H34N4O4S2. The lowest BCUT2D eigenvalue weighted by atomic mass is 9.83. The molecule has 1 aromatic heterocycles. The number of amides is 3. The predicted molar refractivity (Wildman–Crippen MR) is 163 cm³/mol.